The van der Waals surface area contributed by atoms with Crippen molar-refractivity contribution in [2.75, 3.05) is 14.1 Å². The third kappa shape index (κ3) is 4.42. The fourth-order valence-corrected chi connectivity index (χ4v) is 3.98. The van der Waals surface area contributed by atoms with E-state index in [1.54, 1.807) is 38.4 Å². The molecule has 1 heterocycles. The second-order valence-electron chi connectivity index (χ2n) is 5.89. The topological polar surface area (TPSA) is 85.0 Å². The first-order valence-electron chi connectivity index (χ1n) is 8.19. The van der Waals surface area contributed by atoms with E-state index < -0.39 is 4.92 Å². The number of halogens is 1. The Morgan fingerprint density at radius 3 is 2.75 bits per heavy atom. The van der Waals surface area contributed by atoms with Gasteiger partial charge in [0.2, 0.25) is 0 Å². The second-order valence-corrected chi connectivity index (χ2v) is 7.75. The summed E-state index contributed by atoms with van der Waals surface area (Å²) in [5.41, 5.74) is 1.58. The van der Waals surface area contributed by atoms with Crippen molar-refractivity contribution in [1.29, 1.82) is 0 Å². The largest absolute Gasteiger partial charge is 0.488 e. The molecule has 1 saturated heterocycles. The van der Waals surface area contributed by atoms with E-state index in [1.807, 2.05) is 12.1 Å². The van der Waals surface area contributed by atoms with Crippen LogP contribution < -0.4 is 4.74 Å². The zero-order chi connectivity index (χ0) is 20.3. The highest BCUT2D eigenvalue weighted by Gasteiger charge is 2.29. The molecule has 0 saturated carbocycles. The summed E-state index contributed by atoms with van der Waals surface area (Å²) in [6, 6.07) is 11.8. The van der Waals surface area contributed by atoms with Gasteiger partial charge in [-0.2, -0.15) is 0 Å². The number of aliphatic imine (C=N–C) groups is 1. The van der Waals surface area contributed by atoms with Crippen LogP contribution in [0.1, 0.15) is 11.1 Å². The molecule has 1 amide bonds. The van der Waals surface area contributed by atoms with Crippen molar-refractivity contribution in [3.05, 3.63) is 73.1 Å². The molecule has 0 bridgehead atoms. The minimum Gasteiger partial charge on any atom is -0.488 e. The molecule has 0 N–H and O–H groups in total. The summed E-state index contributed by atoms with van der Waals surface area (Å²) < 4.78 is 6.49. The molecule has 28 heavy (non-hydrogen) atoms. The van der Waals surface area contributed by atoms with Crippen molar-refractivity contribution in [2.24, 2.45) is 4.99 Å². The number of carbonyl (C=O) groups excluding carboxylic acids is 1. The Morgan fingerprint density at radius 1 is 1.32 bits per heavy atom. The normalized spacial score (nSPS) is 16.8. The van der Waals surface area contributed by atoms with Crippen LogP contribution in [0, 0.1) is 10.1 Å². The third-order valence-corrected chi connectivity index (χ3v) is 5.74. The molecule has 0 aliphatic carbocycles. The van der Waals surface area contributed by atoms with E-state index in [2.05, 4.69) is 20.9 Å². The standard InChI is InChI=1S/C19H16BrN3O4S/c1-21-19-22(2)18(24)17(28-19)10-12-6-7-16(15(20)9-12)27-11-13-4-3-5-14(8-13)23(25)26/h3-10H,11H2,1-2H3/b17-10+,21-19?. The van der Waals surface area contributed by atoms with Gasteiger partial charge in [0, 0.05) is 26.2 Å². The number of benzene rings is 2. The van der Waals surface area contributed by atoms with E-state index in [-0.39, 0.29) is 18.2 Å². The summed E-state index contributed by atoms with van der Waals surface area (Å²) >= 11 is 4.80. The van der Waals surface area contributed by atoms with Gasteiger partial charge in [0.15, 0.2) is 5.17 Å². The van der Waals surface area contributed by atoms with Gasteiger partial charge < -0.3 is 4.74 Å². The zero-order valence-corrected chi connectivity index (χ0v) is 17.5. The Bertz CT molecular complexity index is 1010. The Hall–Kier alpha value is -2.65. The molecular weight excluding hydrogens is 446 g/mol. The molecule has 9 heteroatoms. The number of non-ortho nitro benzene ring substituents is 1. The predicted molar refractivity (Wildman–Crippen MR) is 113 cm³/mol. The number of nitro groups is 1. The van der Waals surface area contributed by atoms with Gasteiger partial charge in [-0.3, -0.25) is 24.8 Å². The number of hydrogen-bond donors (Lipinski definition) is 0. The number of rotatable bonds is 5. The molecule has 1 aliphatic rings. The first-order valence-corrected chi connectivity index (χ1v) is 9.80. The molecule has 144 valence electrons. The molecule has 0 aromatic heterocycles. The highest BCUT2D eigenvalue weighted by molar-refractivity contribution is 9.10. The Balaban J connectivity index is 1.73. The SMILES string of the molecule is CN=C1S/C(=C/c2ccc(OCc3cccc([N+](=O)[O-])c3)c(Br)c2)C(=O)N1C. The molecule has 7 nitrogen and oxygen atoms in total. The second kappa shape index (κ2) is 8.57. The number of amides is 1. The van der Waals surface area contributed by atoms with E-state index in [1.165, 1.54) is 28.8 Å². The van der Waals surface area contributed by atoms with Gasteiger partial charge in [0.1, 0.15) is 12.4 Å². The lowest BCUT2D eigenvalue weighted by atomic mass is 10.2. The fourth-order valence-electron chi connectivity index (χ4n) is 2.55. The maximum Gasteiger partial charge on any atom is 0.269 e. The smallest absolute Gasteiger partial charge is 0.269 e. The highest BCUT2D eigenvalue weighted by Crippen LogP contribution is 2.33. The van der Waals surface area contributed by atoms with Crippen molar-refractivity contribution < 1.29 is 14.5 Å². The number of nitrogens with zero attached hydrogens (tertiary/aromatic N) is 3. The van der Waals surface area contributed by atoms with E-state index in [4.69, 9.17) is 4.74 Å². The number of likely N-dealkylation sites (N-methyl/N-ethyl adjacent to an activating group) is 1. The minimum absolute atomic E-state index is 0.0285. The first kappa shape index (κ1) is 20.1. The number of ether oxygens (including phenoxy) is 1. The zero-order valence-electron chi connectivity index (χ0n) is 15.1. The van der Waals surface area contributed by atoms with Crippen molar-refractivity contribution in [3.8, 4) is 5.75 Å². The molecule has 0 unspecified atom stereocenters. The summed E-state index contributed by atoms with van der Waals surface area (Å²) in [6.45, 7) is 0.205. The highest BCUT2D eigenvalue weighted by atomic mass is 79.9. The Morgan fingerprint density at radius 2 is 2.11 bits per heavy atom. The molecule has 3 rings (SSSR count). The van der Waals surface area contributed by atoms with Gasteiger partial charge in [0.05, 0.1) is 14.3 Å². The molecular formula is C19H16BrN3O4S. The van der Waals surface area contributed by atoms with Gasteiger partial charge in [-0.05, 0) is 57.0 Å². The summed E-state index contributed by atoms with van der Waals surface area (Å²) in [6.07, 6.45) is 1.80. The Labute approximate surface area is 174 Å². The number of hydrogen-bond acceptors (Lipinski definition) is 6. The average molecular weight is 462 g/mol. The molecule has 1 aliphatic heterocycles. The summed E-state index contributed by atoms with van der Waals surface area (Å²) in [5.74, 6) is 0.514. The third-order valence-electron chi connectivity index (χ3n) is 3.96. The van der Waals surface area contributed by atoms with Crippen LogP contribution in [-0.4, -0.2) is 35.0 Å². The number of nitro benzene ring substituents is 1. The van der Waals surface area contributed by atoms with Crippen molar-refractivity contribution >= 4 is 50.5 Å². The lowest BCUT2D eigenvalue weighted by molar-refractivity contribution is -0.384. The number of amidine groups is 1. The molecule has 2 aromatic rings. The minimum atomic E-state index is -0.434. The van der Waals surface area contributed by atoms with Crippen LogP contribution in [0.3, 0.4) is 0 Å². The van der Waals surface area contributed by atoms with Crippen LogP contribution in [-0.2, 0) is 11.4 Å². The maximum absolute atomic E-state index is 12.2. The first-order chi connectivity index (χ1) is 13.4. The van der Waals surface area contributed by atoms with Gasteiger partial charge in [-0.25, -0.2) is 0 Å². The van der Waals surface area contributed by atoms with E-state index >= 15 is 0 Å². The van der Waals surface area contributed by atoms with Crippen LogP contribution in [0.4, 0.5) is 5.69 Å². The van der Waals surface area contributed by atoms with Crippen LogP contribution in [0.25, 0.3) is 6.08 Å². The fraction of sp³-hybridized carbons (Fsp3) is 0.158. The molecule has 0 spiro atoms. The molecule has 2 aromatic carbocycles. The molecule has 0 radical (unpaired) electrons. The average Bonchev–Trinajstić information content (AvgIpc) is 2.95. The molecule has 1 fully saturated rings. The van der Waals surface area contributed by atoms with Gasteiger partial charge >= 0.3 is 0 Å². The van der Waals surface area contributed by atoms with Crippen LogP contribution in [0.15, 0.2) is 56.8 Å². The summed E-state index contributed by atoms with van der Waals surface area (Å²) in [5, 5.41) is 11.5. The van der Waals surface area contributed by atoms with Crippen molar-refractivity contribution in [3.63, 3.8) is 0 Å². The number of thioether (sulfide) groups is 1. The maximum atomic E-state index is 12.2. The van der Waals surface area contributed by atoms with Crippen molar-refractivity contribution in [1.82, 2.24) is 4.90 Å². The van der Waals surface area contributed by atoms with Crippen LogP contribution >= 0.6 is 27.7 Å². The van der Waals surface area contributed by atoms with Gasteiger partial charge in [-0.1, -0.05) is 18.2 Å². The van der Waals surface area contributed by atoms with Crippen LogP contribution in [0.5, 0.6) is 5.75 Å². The van der Waals surface area contributed by atoms with Gasteiger partial charge in [0.25, 0.3) is 11.6 Å². The van der Waals surface area contributed by atoms with E-state index in [9.17, 15) is 14.9 Å². The van der Waals surface area contributed by atoms with Crippen LogP contribution in [0.2, 0.25) is 0 Å². The summed E-state index contributed by atoms with van der Waals surface area (Å²) in [4.78, 5) is 28.9. The van der Waals surface area contributed by atoms with Gasteiger partial charge in [-0.15, -0.1) is 0 Å². The van der Waals surface area contributed by atoms with E-state index in [0.29, 0.717) is 21.4 Å². The lowest BCUT2D eigenvalue weighted by Crippen LogP contribution is -2.23. The molecule has 0 atom stereocenters. The quantitative estimate of drug-likeness (QED) is 0.372. The summed E-state index contributed by atoms with van der Waals surface area (Å²) in [7, 11) is 3.35. The monoisotopic (exact) mass is 461 g/mol. The Kier molecular flexibility index (Phi) is 6.15. The van der Waals surface area contributed by atoms with E-state index in [0.717, 1.165) is 10.0 Å². The predicted octanol–water partition coefficient (Wildman–Crippen LogP) is 4.47. The lowest BCUT2D eigenvalue weighted by Gasteiger charge is -2.09. The van der Waals surface area contributed by atoms with Crippen molar-refractivity contribution in [2.45, 2.75) is 6.61 Å². The number of carbonyl (C=O) groups is 1.